The van der Waals surface area contributed by atoms with Crippen LogP contribution in [0.3, 0.4) is 0 Å². The van der Waals surface area contributed by atoms with Gasteiger partial charge in [0.05, 0.1) is 24.8 Å². The molecule has 0 radical (unpaired) electrons. The molecular weight excluding hydrogens is 456 g/mol. The van der Waals surface area contributed by atoms with Gasteiger partial charge in [-0.15, -0.1) is 0 Å². The maximum atomic E-state index is 13.2. The average molecular weight is 487 g/mol. The van der Waals surface area contributed by atoms with Gasteiger partial charge in [-0.25, -0.2) is 0 Å². The van der Waals surface area contributed by atoms with Crippen molar-refractivity contribution in [2.75, 3.05) is 18.1 Å². The average Bonchev–Trinajstić information content (AvgIpc) is 3.18. The molecule has 1 amide bonds. The predicted octanol–water partition coefficient (Wildman–Crippen LogP) is 5.68. The van der Waals surface area contributed by atoms with Gasteiger partial charge in [0, 0.05) is 23.6 Å². The first-order valence-electron chi connectivity index (χ1n) is 12.2. The summed E-state index contributed by atoms with van der Waals surface area (Å²) in [7, 11) is 0. The van der Waals surface area contributed by atoms with Gasteiger partial charge in [0.1, 0.15) is 17.3 Å². The Kier molecular flexibility index (Phi) is 8.00. The fraction of sp³-hybridized carbons (Fsp3) is 0.276. The monoisotopic (exact) mass is 486 g/mol. The quantitative estimate of drug-likeness (QED) is 0.172. The Bertz CT molecular complexity index is 1220. The highest BCUT2D eigenvalue weighted by Gasteiger charge is 2.47. The molecule has 3 aromatic rings. The number of Topliss-reactive ketones (excluding diaryl/α,β-unsaturated/α-hetero) is 1. The minimum Gasteiger partial charge on any atom is -0.507 e. The van der Waals surface area contributed by atoms with Crippen molar-refractivity contribution in [1.29, 1.82) is 0 Å². The number of benzene rings is 2. The number of hydrogen-bond donors (Lipinski definition) is 1. The number of carbonyl (C=O) groups is 2. The number of aromatic nitrogens is 1. The largest absolute Gasteiger partial charge is 0.507 e. The van der Waals surface area contributed by atoms with E-state index in [1.165, 1.54) is 4.90 Å². The summed E-state index contributed by atoms with van der Waals surface area (Å²) in [6, 6.07) is 16.5. The number of unbranched alkanes of at least 4 members (excludes halogenated alkanes) is 2. The Morgan fingerprint density at radius 2 is 1.64 bits per heavy atom. The highest BCUT2D eigenvalue weighted by atomic mass is 16.5. The smallest absolute Gasteiger partial charge is 0.300 e. The van der Waals surface area contributed by atoms with E-state index in [4.69, 9.17) is 9.47 Å². The van der Waals surface area contributed by atoms with Crippen molar-refractivity contribution in [1.82, 2.24) is 4.98 Å². The highest BCUT2D eigenvalue weighted by Crippen LogP contribution is 2.42. The number of rotatable bonds is 10. The molecule has 7 nitrogen and oxygen atoms in total. The maximum Gasteiger partial charge on any atom is 0.300 e. The van der Waals surface area contributed by atoms with E-state index in [0.717, 1.165) is 19.3 Å². The second-order valence-electron chi connectivity index (χ2n) is 8.46. The van der Waals surface area contributed by atoms with Crippen LogP contribution in [-0.2, 0) is 9.59 Å². The van der Waals surface area contributed by atoms with Crippen molar-refractivity contribution in [3.63, 3.8) is 0 Å². The van der Waals surface area contributed by atoms with Crippen molar-refractivity contribution in [2.45, 2.75) is 39.2 Å². The lowest BCUT2D eigenvalue weighted by atomic mass is 9.96. The van der Waals surface area contributed by atoms with Crippen molar-refractivity contribution in [2.24, 2.45) is 0 Å². The van der Waals surface area contributed by atoms with Crippen LogP contribution < -0.4 is 14.4 Å². The van der Waals surface area contributed by atoms with Crippen LogP contribution in [0.25, 0.3) is 5.76 Å². The van der Waals surface area contributed by atoms with Crippen LogP contribution in [0.4, 0.5) is 5.69 Å². The van der Waals surface area contributed by atoms with Gasteiger partial charge >= 0.3 is 0 Å². The van der Waals surface area contributed by atoms with E-state index in [0.29, 0.717) is 41.5 Å². The molecule has 0 bridgehead atoms. The van der Waals surface area contributed by atoms with E-state index in [1.54, 1.807) is 73.1 Å². The molecule has 2 heterocycles. The van der Waals surface area contributed by atoms with E-state index in [2.05, 4.69) is 11.9 Å². The fourth-order valence-electron chi connectivity index (χ4n) is 4.23. The van der Waals surface area contributed by atoms with Gasteiger partial charge in [0.25, 0.3) is 11.7 Å². The third kappa shape index (κ3) is 5.25. The molecule has 186 valence electrons. The summed E-state index contributed by atoms with van der Waals surface area (Å²) in [4.78, 5) is 32.0. The van der Waals surface area contributed by atoms with Gasteiger partial charge in [-0.2, -0.15) is 0 Å². The molecule has 2 aromatic carbocycles. The Labute approximate surface area is 211 Å². The number of amides is 1. The Balaban J connectivity index is 1.71. The molecule has 1 aliphatic heterocycles. The van der Waals surface area contributed by atoms with Gasteiger partial charge in [-0.05, 0) is 73.5 Å². The first-order valence-corrected chi connectivity index (χ1v) is 12.2. The van der Waals surface area contributed by atoms with Crippen LogP contribution in [0.5, 0.6) is 11.5 Å². The summed E-state index contributed by atoms with van der Waals surface area (Å²) in [6.07, 6.45) is 6.40. The second kappa shape index (κ2) is 11.5. The summed E-state index contributed by atoms with van der Waals surface area (Å²) < 4.78 is 11.3. The van der Waals surface area contributed by atoms with E-state index in [1.807, 2.05) is 6.92 Å². The van der Waals surface area contributed by atoms with E-state index < -0.39 is 17.7 Å². The number of carbonyl (C=O) groups excluding carboxylic acids is 2. The molecule has 7 heteroatoms. The molecule has 1 unspecified atom stereocenters. The van der Waals surface area contributed by atoms with Gasteiger partial charge in [0.15, 0.2) is 0 Å². The van der Waals surface area contributed by atoms with Crippen LogP contribution in [0.2, 0.25) is 0 Å². The first kappa shape index (κ1) is 25.0. The fourth-order valence-corrected chi connectivity index (χ4v) is 4.23. The van der Waals surface area contributed by atoms with E-state index >= 15 is 0 Å². The molecule has 0 spiro atoms. The number of ether oxygens (including phenoxy) is 2. The second-order valence-corrected chi connectivity index (χ2v) is 8.46. The summed E-state index contributed by atoms with van der Waals surface area (Å²) >= 11 is 0. The number of aliphatic hydroxyl groups is 1. The zero-order valence-corrected chi connectivity index (χ0v) is 20.5. The molecule has 1 aromatic heterocycles. The molecule has 36 heavy (non-hydrogen) atoms. The molecular formula is C29H30N2O5. The Morgan fingerprint density at radius 3 is 2.28 bits per heavy atom. The predicted molar refractivity (Wildman–Crippen MR) is 138 cm³/mol. The SMILES string of the molecule is CCCCCOc1ccc(/C(O)=C2/C(=O)C(=O)N(c3ccc(OCC)cc3)C2c2cccnc2)cc1. The van der Waals surface area contributed by atoms with Crippen LogP contribution in [0.15, 0.2) is 78.6 Å². The van der Waals surface area contributed by atoms with Crippen molar-refractivity contribution in [3.8, 4) is 11.5 Å². The van der Waals surface area contributed by atoms with Crippen molar-refractivity contribution < 1.29 is 24.2 Å². The minimum absolute atomic E-state index is 0.0125. The molecule has 4 rings (SSSR count). The summed E-state index contributed by atoms with van der Waals surface area (Å²) in [5.41, 5.74) is 1.57. The van der Waals surface area contributed by atoms with Crippen LogP contribution >= 0.6 is 0 Å². The van der Waals surface area contributed by atoms with E-state index in [-0.39, 0.29) is 11.3 Å². The lowest BCUT2D eigenvalue weighted by Crippen LogP contribution is -2.29. The number of anilines is 1. The summed E-state index contributed by atoms with van der Waals surface area (Å²) in [6.45, 7) is 5.16. The Hall–Kier alpha value is -4.13. The van der Waals surface area contributed by atoms with Gasteiger partial charge < -0.3 is 14.6 Å². The van der Waals surface area contributed by atoms with Crippen LogP contribution in [-0.4, -0.2) is 35.0 Å². The van der Waals surface area contributed by atoms with Gasteiger partial charge in [0.2, 0.25) is 0 Å². The normalized spacial score (nSPS) is 16.8. The summed E-state index contributed by atoms with van der Waals surface area (Å²) in [5.74, 6) is -0.372. The Morgan fingerprint density at radius 1 is 0.944 bits per heavy atom. The van der Waals surface area contributed by atoms with Gasteiger partial charge in [-0.1, -0.05) is 25.8 Å². The molecule has 1 fully saturated rings. The van der Waals surface area contributed by atoms with E-state index in [9.17, 15) is 14.7 Å². The number of ketones is 1. The third-order valence-corrected chi connectivity index (χ3v) is 6.01. The lowest BCUT2D eigenvalue weighted by Gasteiger charge is -2.25. The molecule has 0 saturated carbocycles. The zero-order chi connectivity index (χ0) is 25.5. The van der Waals surface area contributed by atoms with Crippen LogP contribution in [0.1, 0.15) is 50.3 Å². The number of pyridine rings is 1. The number of hydrogen-bond acceptors (Lipinski definition) is 6. The molecule has 1 N–H and O–H groups in total. The zero-order valence-electron chi connectivity index (χ0n) is 20.5. The number of nitrogens with zero attached hydrogens (tertiary/aromatic N) is 2. The van der Waals surface area contributed by atoms with Crippen molar-refractivity contribution in [3.05, 3.63) is 89.8 Å². The molecule has 0 aliphatic carbocycles. The topological polar surface area (TPSA) is 89.0 Å². The van der Waals surface area contributed by atoms with Crippen molar-refractivity contribution >= 4 is 23.1 Å². The van der Waals surface area contributed by atoms with Gasteiger partial charge in [-0.3, -0.25) is 19.5 Å². The third-order valence-electron chi connectivity index (χ3n) is 6.01. The summed E-state index contributed by atoms with van der Waals surface area (Å²) in [5, 5.41) is 11.3. The molecule has 1 aliphatic rings. The highest BCUT2D eigenvalue weighted by molar-refractivity contribution is 6.51. The van der Waals surface area contributed by atoms with Crippen LogP contribution in [0, 0.1) is 0 Å². The molecule has 1 atom stereocenters. The number of aliphatic hydroxyl groups excluding tert-OH is 1. The lowest BCUT2D eigenvalue weighted by molar-refractivity contribution is -0.132. The molecule has 1 saturated heterocycles. The maximum absolute atomic E-state index is 13.2. The standard InChI is InChI=1S/C29H30N2O5/c1-3-5-6-18-36-24-13-9-20(10-14-24)27(32)25-26(21-8-7-17-30-19-21)31(29(34)28(25)33)22-11-15-23(16-12-22)35-4-2/h7-17,19,26,32H,3-6,18H2,1-2H3/b27-25-. The first-order chi connectivity index (χ1) is 17.5. The minimum atomic E-state index is -0.832.